The standard InChI is InChI=1S/C10H19NO2S/c1-5-8-14(12,13)9-7-11-10(3,4)6-2/h2,11H,5,7-9H2,1,3-4H3. The highest BCUT2D eigenvalue weighted by Gasteiger charge is 2.14. The van der Waals surface area contributed by atoms with Crippen molar-refractivity contribution >= 4 is 9.84 Å². The van der Waals surface area contributed by atoms with E-state index in [-0.39, 0.29) is 11.5 Å². The molecule has 0 amide bonds. The van der Waals surface area contributed by atoms with Crippen LogP contribution in [0.1, 0.15) is 27.2 Å². The van der Waals surface area contributed by atoms with Crippen LogP contribution in [-0.4, -0.2) is 32.0 Å². The van der Waals surface area contributed by atoms with Gasteiger partial charge in [-0.1, -0.05) is 12.8 Å². The van der Waals surface area contributed by atoms with Crippen LogP contribution < -0.4 is 5.32 Å². The Kier molecular flexibility index (Phi) is 5.17. The maximum absolute atomic E-state index is 11.3. The third kappa shape index (κ3) is 6.01. The highest BCUT2D eigenvalue weighted by atomic mass is 32.2. The fourth-order valence-corrected chi connectivity index (χ4v) is 2.22. The van der Waals surface area contributed by atoms with Crippen LogP contribution in [0.5, 0.6) is 0 Å². The van der Waals surface area contributed by atoms with E-state index in [1.54, 1.807) is 0 Å². The molecule has 0 radical (unpaired) electrons. The normalized spacial score (nSPS) is 12.4. The van der Waals surface area contributed by atoms with E-state index >= 15 is 0 Å². The minimum absolute atomic E-state index is 0.159. The van der Waals surface area contributed by atoms with E-state index in [0.29, 0.717) is 13.0 Å². The lowest BCUT2D eigenvalue weighted by Gasteiger charge is -2.19. The summed E-state index contributed by atoms with van der Waals surface area (Å²) in [6, 6.07) is 0. The Labute approximate surface area is 87.2 Å². The van der Waals surface area contributed by atoms with Gasteiger partial charge >= 0.3 is 0 Å². The summed E-state index contributed by atoms with van der Waals surface area (Å²) in [4.78, 5) is 0. The zero-order valence-electron chi connectivity index (χ0n) is 9.13. The molecular formula is C10H19NO2S. The smallest absolute Gasteiger partial charge is 0.151 e. The maximum atomic E-state index is 11.3. The fourth-order valence-electron chi connectivity index (χ4n) is 0.983. The zero-order valence-corrected chi connectivity index (χ0v) is 9.95. The van der Waals surface area contributed by atoms with Gasteiger partial charge in [0.2, 0.25) is 0 Å². The summed E-state index contributed by atoms with van der Waals surface area (Å²) in [6.07, 6.45) is 5.92. The van der Waals surface area contributed by atoms with Crippen molar-refractivity contribution in [2.45, 2.75) is 32.7 Å². The number of nitrogens with one attached hydrogen (secondary N) is 1. The molecule has 14 heavy (non-hydrogen) atoms. The van der Waals surface area contributed by atoms with Gasteiger partial charge < -0.3 is 5.32 Å². The van der Waals surface area contributed by atoms with Gasteiger partial charge in [-0.15, -0.1) is 6.42 Å². The molecule has 0 aromatic heterocycles. The van der Waals surface area contributed by atoms with Crippen molar-refractivity contribution in [3.05, 3.63) is 0 Å². The molecule has 0 aliphatic rings. The second-order valence-corrected chi connectivity index (χ2v) is 6.15. The highest BCUT2D eigenvalue weighted by Crippen LogP contribution is 1.99. The van der Waals surface area contributed by atoms with Crippen LogP contribution in [0.3, 0.4) is 0 Å². The van der Waals surface area contributed by atoms with Crippen LogP contribution in [0.2, 0.25) is 0 Å². The lowest BCUT2D eigenvalue weighted by atomic mass is 10.1. The lowest BCUT2D eigenvalue weighted by Crippen LogP contribution is -2.40. The first-order valence-electron chi connectivity index (χ1n) is 4.76. The minimum atomic E-state index is -2.89. The Morgan fingerprint density at radius 3 is 2.36 bits per heavy atom. The number of hydrogen-bond acceptors (Lipinski definition) is 3. The van der Waals surface area contributed by atoms with E-state index in [4.69, 9.17) is 6.42 Å². The summed E-state index contributed by atoms with van der Waals surface area (Å²) in [6.45, 7) is 5.97. The molecule has 82 valence electrons. The van der Waals surface area contributed by atoms with E-state index in [1.807, 2.05) is 20.8 Å². The van der Waals surface area contributed by atoms with Gasteiger partial charge in [0.1, 0.15) is 0 Å². The Morgan fingerprint density at radius 1 is 1.36 bits per heavy atom. The SMILES string of the molecule is C#CC(C)(C)NCCS(=O)(=O)CCC. The number of rotatable bonds is 6. The predicted octanol–water partition coefficient (Wildman–Crippen LogP) is 0.813. The number of terminal acetylenes is 1. The molecule has 0 aromatic carbocycles. The summed E-state index contributed by atoms with van der Waals surface area (Å²) in [5, 5.41) is 3.01. The molecule has 0 spiro atoms. The average molecular weight is 217 g/mol. The van der Waals surface area contributed by atoms with Gasteiger partial charge in [0, 0.05) is 12.3 Å². The molecule has 3 nitrogen and oxygen atoms in total. The second kappa shape index (κ2) is 5.38. The van der Waals surface area contributed by atoms with Crippen molar-refractivity contribution in [2.75, 3.05) is 18.1 Å². The van der Waals surface area contributed by atoms with Gasteiger partial charge in [-0.05, 0) is 20.3 Å². The van der Waals surface area contributed by atoms with Crippen molar-refractivity contribution in [1.82, 2.24) is 5.32 Å². The molecule has 0 saturated heterocycles. The molecule has 0 aliphatic carbocycles. The first-order chi connectivity index (χ1) is 6.33. The summed E-state index contributed by atoms with van der Waals surface area (Å²) < 4.78 is 22.6. The van der Waals surface area contributed by atoms with Gasteiger partial charge in [-0.2, -0.15) is 0 Å². The molecule has 1 N–H and O–H groups in total. The zero-order chi connectivity index (χ0) is 11.2. The Morgan fingerprint density at radius 2 is 1.93 bits per heavy atom. The molecule has 0 bridgehead atoms. The van der Waals surface area contributed by atoms with E-state index in [2.05, 4.69) is 11.2 Å². The third-order valence-corrected chi connectivity index (χ3v) is 3.71. The lowest BCUT2D eigenvalue weighted by molar-refractivity contribution is 0.506. The summed E-state index contributed by atoms with van der Waals surface area (Å²) in [7, 11) is -2.89. The van der Waals surface area contributed by atoms with Gasteiger partial charge in [-0.3, -0.25) is 0 Å². The molecule has 0 unspecified atom stereocenters. The highest BCUT2D eigenvalue weighted by molar-refractivity contribution is 7.91. The first-order valence-corrected chi connectivity index (χ1v) is 6.58. The predicted molar refractivity (Wildman–Crippen MR) is 59.9 cm³/mol. The molecule has 0 aliphatic heterocycles. The van der Waals surface area contributed by atoms with Gasteiger partial charge in [0.15, 0.2) is 9.84 Å². The number of hydrogen-bond donors (Lipinski definition) is 1. The van der Waals surface area contributed by atoms with Crippen LogP contribution in [-0.2, 0) is 9.84 Å². The Hall–Kier alpha value is -0.530. The summed E-state index contributed by atoms with van der Waals surface area (Å²) >= 11 is 0. The molecule has 0 rings (SSSR count). The average Bonchev–Trinajstić information content (AvgIpc) is 2.03. The molecule has 0 aromatic rings. The van der Waals surface area contributed by atoms with Crippen molar-refractivity contribution < 1.29 is 8.42 Å². The Balaban J connectivity index is 3.93. The third-order valence-electron chi connectivity index (χ3n) is 1.86. The van der Waals surface area contributed by atoms with Crippen molar-refractivity contribution in [3.8, 4) is 12.3 Å². The molecule has 0 atom stereocenters. The number of sulfone groups is 1. The molecule has 0 heterocycles. The monoisotopic (exact) mass is 217 g/mol. The molecule has 0 fully saturated rings. The van der Waals surface area contributed by atoms with E-state index < -0.39 is 15.4 Å². The van der Waals surface area contributed by atoms with Crippen LogP contribution >= 0.6 is 0 Å². The van der Waals surface area contributed by atoms with E-state index in [1.165, 1.54) is 0 Å². The summed E-state index contributed by atoms with van der Waals surface area (Å²) in [5.41, 5.74) is -0.429. The van der Waals surface area contributed by atoms with Crippen LogP contribution in [0.4, 0.5) is 0 Å². The first kappa shape index (κ1) is 13.5. The van der Waals surface area contributed by atoms with Gasteiger partial charge in [0.25, 0.3) is 0 Å². The van der Waals surface area contributed by atoms with Crippen molar-refractivity contribution in [3.63, 3.8) is 0 Å². The van der Waals surface area contributed by atoms with Crippen LogP contribution in [0.25, 0.3) is 0 Å². The minimum Gasteiger partial charge on any atom is -0.301 e. The van der Waals surface area contributed by atoms with Gasteiger partial charge in [-0.25, -0.2) is 8.42 Å². The van der Waals surface area contributed by atoms with E-state index in [0.717, 1.165) is 0 Å². The van der Waals surface area contributed by atoms with Crippen LogP contribution in [0, 0.1) is 12.3 Å². The van der Waals surface area contributed by atoms with Crippen molar-refractivity contribution in [2.24, 2.45) is 0 Å². The molecule has 0 saturated carbocycles. The maximum Gasteiger partial charge on any atom is 0.151 e. The quantitative estimate of drug-likeness (QED) is 0.670. The topological polar surface area (TPSA) is 46.2 Å². The second-order valence-electron chi connectivity index (χ2n) is 3.85. The van der Waals surface area contributed by atoms with Crippen molar-refractivity contribution in [1.29, 1.82) is 0 Å². The largest absolute Gasteiger partial charge is 0.301 e. The fraction of sp³-hybridized carbons (Fsp3) is 0.800. The Bertz CT molecular complexity index is 299. The van der Waals surface area contributed by atoms with Crippen LogP contribution in [0.15, 0.2) is 0 Å². The van der Waals surface area contributed by atoms with Gasteiger partial charge in [0.05, 0.1) is 11.3 Å². The summed E-state index contributed by atoms with van der Waals surface area (Å²) in [5.74, 6) is 2.97. The molecule has 4 heteroatoms. The van der Waals surface area contributed by atoms with E-state index in [9.17, 15) is 8.42 Å². The molecular weight excluding hydrogens is 198 g/mol.